The maximum absolute atomic E-state index is 10.8. The molecular weight excluding hydrogens is 186 g/mol. The summed E-state index contributed by atoms with van der Waals surface area (Å²) >= 11 is 5.98. The van der Waals surface area contributed by atoms with E-state index in [0.717, 1.165) is 17.0 Å². The van der Waals surface area contributed by atoms with Crippen molar-refractivity contribution in [2.75, 3.05) is 0 Å². The molecule has 1 aliphatic carbocycles. The minimum absolute atomic E-state index is 0.0000926. The van der Waals surface area contributed by atoms with Crippen molar-refractivity contribution in [3.05, 3.63) is 34.9 Å². The molecule has 1 amide bonds. The topological polar surface area (TPSA) is 43.1 Å². The van der Waals surface area contributed by atoms with E-state index in [1.54, 1.807) is 0 Å². The number of halogens is 1. The Hall–Kier alpha value is -1.02. The van der Waals surface area contributed by atoms with Crippen molar-refractivity contribution in [3.63, 3.8) is 0 Å². The normalized spacial score (nSPS) is 25.6. The van der Waals surface area contributed by atoms with Crippen molar-refractivity contribution in [2.24, 2.45) is 11.7 Å². The minimum Gasteiger partial charge on any atom is -0.369 e. The van der Waals surface area contributed by atoms with Crippen molar-refractivity contribution in [1.82, 2.24) is 0 Å². The summed E-state index contributed by atoms with van der Waals surface area (Å²) in [4.78, 5) is 10.8. The summed E-state index contributed by atoms with van der Waals surface area (Å²) in [6, 6.07) is 7.61. The van der Waals surface area contributed by atoms with E-state index in [1.807, 2.05) is 24.3 Å². The van der Waals surface area contributed by atoms with Gasteiger partial charge in [0, 0.05) is 10.9 Å². The Morgan fingerprint density at radius 1 is 1.46 bits per heavy atom. The predicted octanol–water partition coefficient (Wildman–Crippen LogP) is 1.93. The van der Waals surface area contributed by atoms with Crippen molar-refractivity contribution in [1.29, 1.82) is 0 Å². The van der Waals surface area contributed by atoms with E-state index < -0.39 is 0 Å². The third-order valence-electron chi connectivity index (χ3n) is 2.46. The minimum atomic E-state index is -0.218. The number of carbonyl (C=O) groups is 1. The van der Waals surface area contributed by atoms with Gasteiger partial charge in [0.2, 0.25) is 5.91 Å². The van der Waals surface area contributed by atoms with E-state index in [0.29, 0.717) is 0 Å². The Balaban J connectivity index is 2.21. The van der Waals surface area contributed by atoms with Crippen LogP contribution in [0.4, 0.5) is 0 Å². The quantitative estimate of drug-likeness (QED) is 0.770. The largest absolute Gasteiger partial charge is 0.369 e. The number of carbonyl (C=O) groups excluding carboxylic acids is 1. The van der Waals surface area contributed by atoms with Crippen molar-refractivity contribution in [2.45, 2.75) is 12.3 Å². The molecule has 2 atom stereocenters. The summed E-state index contributed by atoms with van der Waals surface area (Å²) in [5, 5.41) is 0.733. The first kappa shape index (κ1) is 8.57. The number of hydrogen-bond acceptors (Lipinski definition) is 1. The Bertz CT molecular complexity index is 351. The molecule has 1 fully saturated rings. The molecule has 68 valence electrons. The van der Waals surface area contributed by atoms with Crippen molar-refractivity contribution >= 4 is 17.5 Å². The molecule has 13 heavy (non-hydrogen) atoms. The second-order valence-corrected chi connectivity index (χ2v) is 3.78. The highest BCUT2D eigenvalue weighted by Gasteiger charge is 2.43. The monoisotopic (exact) mass is 195 g/mol. The predicted molar refractivity (Wildman–Crippen MR) is 51.5 cm³/mol. The average Bonchev–Trinajstić information content (AvgIpc) is 2.84. The van der Waals surface area contributed by atoms with Crippen LogP contribution in [0.25, 0.3) is 0 Å². The van der Waals surface area contributed by atoms with Gasteiger partial charge < -0.3 is 5.73 Å². The molecule has 0 heterocycles. The van der Waals surface area contributed by atoms with E-state index >= 15 is 0 Å². The third kappa shape index (κ3) is 1.54. The molecular formula is C10H10ClNO. The van der Waals surface area contributed by atoms with Gasteiger partial charge in [-0.2, -0.15) is 0 Å². The number of hydrogen-bond donors (Lipinski definition) is 1. The smallest absolute Gasteiger partial charge is 0.221 e. The molecule has 1 aliphatic rings. The first-order valence-corrected chi connectivity index (χ1v) is 4.61. The Morgan fingerprint density at radius 3 is 2.69 bits per heavy atom. The van der Waals surface area contributed by atoms with Crippen LogP contribution in [0.1, 0.15) is 17.9 Å². The molecule has 0 spiro atoms. The lowest BCUT2D eigenvalue weighted by Crippen LogP contribution is -2.13. The second-order valence-electron chi connectivity index (χ2n) is 3.37. The molecule has 0 aliphatic heterocycles. The third-order valence-corrected chi connectivity index (χ3v) is 2.80. The van der Waals surface area contributed by atoms with Gasteiger partial charge in [0.25, 0.3) is 0 Å². The Morgan fingerprint density at radius 2 is 2.15 bits per heavy atom. The van der Waals surface area contributed by atoms with E-state index in [1.165, 1.54) is 0 Å². The summed E-state index contributed by atoms with van der Waals surface area (Å²) in [5.41, 5.74) is 6.24. The van der Waals surface area contributed by atoms with Gasteiger partial charge in [-0.1, -0.05) is 29.8 Å². The molecule has 0 saturated heterocycles. The van der Waals surface area contributed by atoms with Crippen LogP contribution in [0, 0.1) is 5.92 Å². The lowest BCUT2D eigenvalue weighted by molar-refractivity contribution is -0.119. The highest BCUT2D eigenvalue weighted by Crippen LogP contribution is 2.49. The molecule has 0 radical (unpaired) electrons. The highest BCUT2D eigenvalue weighted by molar-refractivity contribution is 6.31. The lowest BCUT2D eigenvalue weighted by atomic mass is 10.1. The molecule has 2 nitrogen and oxygen atoms in total. The zero-order valence-corrected chi connectivity index (χ0v) is 7.79. The van der Waals surface area contributed by atoms with E-state index in [2.05, 4.69) is 0 Å². The first-order chi connectivity index (χ1) is 6.20. The van der Waals surface area contributed by atoms with Crippen LogP contribution in [0.2, 0.25) is 5.02 Å². The fourth-order valence-electron chi connectivity index (χ4n) is 1.63. The molecule has 0 aromatic heterocycles. The summed E-state index contributed by atoms with van der Waals surface area (Å²) < 4.78 is 0. The molecule has 0 unspecified atom stereocenters. The number of rotatable bonds is 2. The summed E-state index contributed by atoms with van der Waals surface area (Å²) in [6.07, 6.45) is 0.846. The van der Waals surface area contributed by atoms with E-state index in [4.69, 9.17) is 17.3 Å². The lowest BCUT2D eigenvalue weighted by Gasteiger charge is -2.00. The van der Waals surface area contributed by atoms with Crippen LogP contribution in [0.3, 0.4) is 0 Å². The van der Waals surface area contributed by atoms with Gasteiger partial charge in [0.15, 0.2) is 0 Å². The van der Waals surface area contributed by atoms with E-state index in [-0.39, 0.29) is 17.7 Å². The van der Waals surface area contributed by atoms with Gasteiger partial charge >= 0.3 is 0 Å². The van der Waals surface area contributed by atoms with Crippen molar-refractivity contribution in [3.8, 4) is 0 Å². The van der Waals surface area contributed by atoms with Crippen LogP contribution in [-0.4, -0.2) is 5.91 Å². The SMILES string of the molecule is NC(=O)[C@@H]1C[C@H]1c1ccccc1Cl. The van der Waals surface area contributed by atoms with Crippen molar-refractivity contribution < 1.29 is 4.79 Å². The average molecular weight is 196 g/mol. The first-order valence-electron chi connectivity index (χ1n) is 4.24. The summed E-state index contributed by atoms with van der Waals surface area (Å²) in [7, 11) is 0. The van der Waals surface area contributed by atoms with Gasteiger partial charge in [-0.05, 0) is 24.0 Å². The maximum Gasteiger partial charge on any atom is 0.221 e. The molecule has 0 bridgehead atoms. The zero-order valence-electron chi connectivity index (χ0n) is 7.03. The van der Waals surface area contributed by atoms with Crippen LogP contribution in [0.5, 0.6) is 0 Å². The van der Waals surface area contributed by atoms with Gasteiger partial charge in [0.05, 0.1) is 0 Å². The maximum atomic E-state index is 10.8. The number of benzene rings is 1. The van der Waals surface area contributed by atoms with Gasteiger partial charge in [0.1, 0.15) is 0 Å². The fourth-order valence-corrected chi connectivity index (χ4v) is 1.90. The number of primary amides is 1. The van der Waals surface area contributed by atoms with Gasteiger partial charge in [-0.15, -0.1) is 0 Å². The highest BCUT2D eigenvalue weighted by atomic mass is 35.5. The number of amides is 1. The van der Waals surface area contributed by atoms with Gasteiger partial charge in [-0.25, -0.2) is 0 Å². The number of nitrogens with two attached hydrogens (primary N) is 1. The molecule has 3 heteroatoms. The molecule has 1 aromatic carbocycles. The van der Waals surface area contributed by atoms with Gasteiger partial charge in [-0.3, -0.25) is 4.79 Å². The van der Waals surface area contributed by atoms with Crippen LogP contribution < -0.4 is 5.73 Å². The molecule has 2 rings (SSSR count). The van der Waals surface area contributed by atoms with Crippen LogP contribution >= 0.6 is 11.6 Å². The molecule has 1 saturated carbocycles. The second kappa shape index (κ2) is 3.04. The van der Waals surface area contributed by atoms with Crippen LogP contribution in [-0.2, 0) is 4.79 Å². The Kier molecular flexibility index (Phi) is 2.00. The summed E-state index contributed by atoms with van der Waals surface area (Å²) in [6.45, 7) is 0. The molecule has 2 N–H and O–H groups in total. The molecule has 1 aromatic rings. The fraction of sp³-hybridized carbons (Fsp3) is 0.300. The van der Waals surface area contributed by atoms with E-state index in [9.17, 15) is 4.79 Å². The standard InChI is InChI=1S/C10H10ClNO/c11-9-4-2-1-3-6(9)7-5-8(7)10(12)13/h1-4,7-8H,5H2,(H2,12,13)/t7-,8+/m0/s1. The Labute approximate surface area is 81.7 Å². The zero-order chi connectivity index (χ0) is 9.42. The van der Waals surface area contributed by atoms with Crippen LogP contribution in [0.15, 0.2) is 24.3 Å². The summed E-state index contributed by atoms with van der Waals surface area (Å²) in [5.74, 6) is 0.0380.